The van der Waals surface area contributed by atoms with Gasteiger partial charge in [-0.3, -0.25) is 9.69 Å². The highest BCUT2D eigenvalue weighted by atomic mass is 19.1. The molecule has 11 nitrogen and oxygen atoms in total. The first-order chi connectivity index (χ1) is 21.1. The number of benzene rings is 2. The fourth-order valence-corrected chi connectivity index (χ4v) is 5.84. The summed E-state index contributed by atoms with van der Waals surface area (Å²) in [5.41, 5.74) is 6.71. The molecule has 2 aliphatic heterocycles. The number of anilines is 1. The monoisotopic (exact) mass is 596 g/mol. The highest BCUT2D eigenvalue weighted by Gasteiger charge is 2.37. The molecule has 2 fully saturated rings. The van der Waals surface area contributed by atoms with Gasteiger partial charge >= 0.3 is 0 Å². The van der Waals surface area contributed by atoms with Gasteiger partial charge in [0.2, 0.25) is 0 Å². The van der Waals surface area contributed by atoms with Crippen molar-refractivity contribution < 1.29 is 19.0 Å². The van der Waals surface area contributed by atoms with Gasteiger partial charge in [0.1, 0.15) is 46.8 Å². The number of halogens is 1. The van der Waals surface area contributed by atoms with Crippen LogP contribution < -0.4 is 10.5 Å². The molecule has 1 atom stereocenters. The van der Waals surface area contributed by atoms with Gasteiger partial charge in [-0.1, -0.05) is 18.2 Å². The van der Waals surface area contributed by atoms with E-state index in [2.05, 4.69) is 16.0 Å². The van der Waals surface area contributed by atoms with Crippen molar-refractivity contribution in [1.82, 2.24) is 29.5 Å². The first-order valence-electron chi connectivity index (χ1n) is 14.5. The van der Waals surface area contributed by atoms with Gasteiger partial charge in [-0.2, -0.15) is 10.4 Å². The molecule has 0 unspecified atom stereocenters. The first-order valence-corrected chi connectivity index (χ1v) is 14.5. The molecule has 2 saturated heterocycles. The van der Waals surface area contributed by atoms with E-state index in [-0.39, 0.29) is 35.4 Å². The number of likely N-dealkylation sites (tertiary alicyclic amines) is 2. The predicted octanol–water partition coefficient (Wildman–Crippen LogP) is 4.08. The number of aromatic nitrogens is 4. The number of fused-ring (bicyclic) bond motifs is 1. The lowest BCUT2D eigenvalue weighted by atomic mass is 9.93. The molecule has 6 rings (SSSR count). The molecule has 4 aromatic rings. The number of nitrogens with zero attached hydrogens (tertiary/aromatic N) is 7. The summed E-state index contributed by atoms with van der Waals surface area (Å²) >= 11 is 0. The van der Waals surface area contributed by atoms with Gasteiger partial charge in [0.15, 0.2) is 5.65 Å². The lowest BCUT2D eigenvalue weighted by Gasteiger charge is -2.46. The predicted molar refractivity (Wildman–Crippen MR) is 162 cm³/mol. The zero-order valence-corrected chi connectivity index (χ0v) is 24.5. The van der Waals surface area contributed by atoms with Crippen molar-refractivity contribution in [3.05, 3.63) is 72.3 Å². The Hall–Kier alpha value is -4.86. The molecule has 12 heteroatoms. The molecule has 0 spiro atoms. The molecule has 1 amide bonds. The van der Waals surface area contributed by atoms with Crippen LogP contribution in [0.1, 0.15) is 32.7 Å². The van der Waals surface area contributed by atoms with E-state index < -0.39 is 17.5 Å². The Morgan fingerprint density at radius 2 is 1.93 bits per heavy atom. The Morgan fingerprint density at radius 3 is 2.64 bits per heavy atom. The van der Waals surface area contributed by atoms with Crippen molar-refractivity contribution in [3.63, 3.8) is 0 Å². The number of carbonyl (C=O) groups excluding carboxylic acids is 1. The minimum absolute atomic E-state index is 0.0505. The van der Waals surface area contributed by atoms with Gasteiger partial charge in [-0.05, 0) is 57.0 Å². The molecule has 0 saturated carbocycles. The third kappa shape index (κ3) is 5.59. The highest BCUT2D eigenvalue weighted by Crippen LogP contribution is 2.36. The van der Waals surface area contributed by atoms with Crippen LogP contribution in [0.5, 0.6) is 11.5 Å². The standard InChI is InChI=1S/C32H33FN8O3/c1-32(2,40-17-22(42)18-40)14-20(15-34)31(43)39-12-6-7-21(16-39)41-30-27(29(35)36-19-37-30)28(38-41)25-11-10-24(13-26(25)33)44-23-8-4-3-5-9-23/h3-5,8-11,13-14,19,21-22,42H,6-7,12,16-18H2,1-2H3,(H2,35,36,37)/b20-14-/t21-/m0/s1. The number of hydrogen-bond donors (Lipinski definition) is 2. The smallest absolute Gasteiger partial charge is 0.264 e. The average molecular weight is 597 g/mol. The number of para-hydroxylation sites is 1. The fraction of sp³-hybridized carbons (Fsp3) is 0.344. The molecule has 0 radical (unpaired) electrons. The van der Waals surface area contributed by atoms with Gasteiger partial charge in [0, 0.05) is 43.3 Å². The summed E-state index contributed by atoms with van der Waals surface area (Å²) in [5.74, 6) is 0.173. The van der Waals surface area contributed by atoms with Crippen LogP contribution in [0.4, 0.5) is 10.2 Å². The maximum absolute atomic E-state index is 15.6. The Balaban J connectivity index is 1.29. The van der Waals surface area contributed by atoms with Crippen LogP contribution in [0, 0.1) is 17.1 Å². The minimum atomic E-state index is -0.567. The average Bonchev–Trinajstić information content (AvgIpc) is 3.39. The van der Waals surface area contributed by atoms with E-state index in [0.717, 1.165) is 0 Å². The third-order valence-corrected chi connectivity index (χ3v) is 8.25. The molecule has 0 bridgehead atoms. The topological polar surface area (TPSA) is 146 Å². The molecular weight excluding hydrogens is 563 g/mol. The van der Waals surface area contributed by atoms with Crippen LogP contribution in [0.3, 0.4) is 0 Å². The molecule has 226 valence electrons. The Kier molecular flexibility index (Phi) is 7.75. The number of nitrogens with two attached hydrogens (primary N) is 1. The van der Waals surface area contributed by atoms with Crippen molar-refractivity contribution in [2.75, 3.05) is 31.9 Å². The number of aliphatic hydroxyl groups is 1. The molecule has 0 aliphatic carbocycles. The third-order valence-electron chi connectivity index (χ3n) is 8.25. The van der Waals surface area contributed by atoms with Crippen molar-refractivity contribution in [3.8, 4) is 28.8 Å². The maximum atomic E-state index is 15.6. The summed E-state index contributed by atoms with van der Waals surface area (Å²) in [6, 6.07) is 15.4. The number of carbonyl (C=O) groups is 1. The van der Waals surface area contributed by atoms with Crippen LogP contribution in [-0.4, -0.2) is 78.4 Å². The van der Waals surface area contributed by atoms with Crippen molar-refractivity contribution in [1.29, 1.82) is 5.26 Å². The number of ether oxygens (including phenoxy) is 1. The van der Waals surface area contributed by atoms with E-state index in [1.54, 1.807) is 39.9 Å². The molecule has 3 N–H and O–H groups in total. The molecular formula is C32H33FN8O3. The number of nitriles is 1. The lowest BCUT2D eigenvalue weighted by Crippen LogP contribution is -2.59. The van der Waals surface area contributed by atoms with Crippen molar-refractivity contribution in [2.24, 2.45) is 0 Å². The number of rotatable bonds is 7. The van der Waals surface area contributed by atoms with E-state index in [4.69, 9.17) is 15.6 Å². The second-order valence-electron chi connectivity index (χ2n) is 11.7. The van der Waals surface area contributed by atoms with E-state index in [9.17, 15) is 15.2 Å². The van der Waals surface area contributed by atoms with Crippen LogP contribution in [0.15, 0.2) is 66.5 Å². The van der Waals surface area contributed by atoms with Gasteiger partial charge in [-0.25, -0.2) is 19.0 Å². The SMILES string of the molecule is CC(C)(/C=C(/C#N)C(=O)N1CCC[C@H](n2nc(-c3ccc(Oc4ccccc4)cc3F)c3c(N)ncnc32)C1)N1CC(O)C1. The lowest BCUT2D eigenvalue weighted by molar-refractivity contribution is -0.128. The van der Waals surface area contributed by atoms with E-state index in [0.29, 0.717) is 60.7 Å². The number of aliphatic hydroxyl groups excluding tert-OH is 1. The highest BCUT2D eigenvalue weighted by molar-refractivity contribution is 5.99. The summed E-state index contributed by atoms with van der Waals surface area (Å²) in [4.78, 5) is 25.8. The maximum Gasteiger partial charge on any atom is 0.264 e. The zero-order chi connectivity index (χ0) is 31.0. The zero-order valence-electron chi connectivity index (χ0n) is 24.5. The van der Waals surface area contributed by atoms with E-state index in [1.165, 1.54) is 12.4 Å². The summed E-state index contributed by atoms with van der Waals surface area (Å²) in [7, 11) is 0. The van der Waals surface area contributed by atoms with Crippen LogP contribution in [0.25, 0.3) is 22.3 Å². The normalized spacial score (nSPS) is 18.2. The molecule has 2 aromatic heterocycles. The molecule has 2 aromatic carbocycles. The van der Waals surface area contributed by atoms with Gasteiger partial charge < -0.3 is 20.5 Å². The summed E-state index contributed by atoms with van der Waals surface area (Å²) in [6.45, 7) is 5.59. The van der Waals surface area contributed by atoms with Crippen LogP contribution >= 0.6 is 0 Å². The second-order valence-corrected chi connectivity index (χ2v) is 11.7. The van der Waals surface area contributed by atoms with E-state index >= 15 is 4.39 Å². The van der Waals surface area contributed by atoms with Gasteiger partial charge in [0.05, 0.1) is 17.5 Å². The summed E-state index contributed by atoms with van der Waals surface area (Å²) < 4.78 is 23.1. The first kappa shape index (κ1) is 29.2. The largest absolute Gasteiger partial charge is 0.457 e. The van der Waals surface area contributed by atoms with Crippen molar-refractivity contribution in [2.45, 2.75) is 44.4 Å². The van der Waals surface area contributed by atoms with Crippen molar-refractivity contribution >= 4 is 22.8 Å². The number of hydrogen-bond acceptors (Lipinski definition) is 9. The number of piperidine rings is 1. The number of β-amino-alcohol motifs (C(OH)–C–C–N with tert-alkyl or cyclic N) is 1. The van der Waals surface area contributed by atoms with E-state index in [1.807, 2.05) is 36.9 Å². The Morgan fingerprint density at radius 1 is 1.16 bits per heavy atom. The quantitative estimate of drug-likeness (QED) is 0.238. The summed E-state index contributed by atoms with van der Waals surface area (Å²) in [6.07, 6.45) is 3.98. The fourth-order valence-electron chi connectivity index (χ4n) is 5.84. The molecule has 44 heavy (non-hydrogen) atoms. The number of amides is 1. The van der Waals surface area contributed by atoms with Crippen LogP contribution in [0.2, 0.25) is 0 Å². The summed E-state index contributed by atoms with van der Waals surface area (Å²) in [5, 5.41) is 24.8. The van der Waals surface area contributed by atoms with Crippen LogP contribution in [-0.2, 0) is 4.79 Å². The molecule has 4 heterocycles. The second kappa shape index (κ2) is 11.7. The molecule has 2 aliphatic rings. The number of nitrogen functional groups attached to an aromatic ring is 1. The van der Waals surface area contributed by atoms with Gasteiger partial charge in [-0.15, -0.1) is 0 Å². The van der Waals surface area contributed by atoms with Gasteiger partial charge in [0.25, 0.3) is 5.91 Å². The Bertz CT molecular complexity index is 1780. The Labute approximate surface area is 254 Å². The minimum Gasteiger partial charge on any atom is -0.457 e.